The monoisotopic (exact) mass is 404 g/mol. The van der Waals surface area contributed by atoms with E-state index in [4.69, 9.17) is 23.7 Å². The summed E-state index contributed by atoms with van der Waals surface area (Å²) in [6.45, 7) is 4.24. The molecule has 0 aliphatic carbocycles. The van der Waals surface area contributed by atoms with Gasteiger partial charge in [-0.1, -0.05) is 13.8 Å². The highest BCUT2D eigenvalue weighted by Gasteiger charge is 2.41. The molecule has 0 radical (unpaired) electrons. The van der Waals surface area contributed by atoms with Gasteiger partial charge in [0.1, 0.15) is 0 Å². The molecule has 1 fully saturated rings. The molecule has 29 heavy (non-hydrogen) atoms. The molecule has 3 rings (SSSR count). The van der Waals surface area contributed by atoms with E-state index < -0.39 is 0 Å². The maximum Gasteiger partial charge on any atom is 0.200 e. The lowest BCUT2D eigenvalue weighted by molar-refractivity contribution is 0.0285. The molecule has 1 heterocycles. The van der Waals surface area contributed by atoms with Crippen molar-refractivity contribution < 1.29 is 33.9 Å². The summed E-state index contributed by atoms with van der Waals surface area (Å²) in [7, 11) is 5.99. The van der Waals surface area contributed by atoms with Gasteiger partial charge in [0.05, 0.1) is 40.6 Å². The summed E-state index contributed by atoms with van der Waals surface area (Å²) in [5, 5.41) is 20.4. The Kier molecular flexibility index (Phi) is 5.98. The molecule has 2 aromatic rings. The van der Waals surface area contributed by atoms with Crippen LogP contribution in [0.25, 0.3) is 0 Å². The van der Waals surface area contributed by atoms with Crippen molar-refractivity contribution in [3.05, 3.63) is 35.4 Å². The molecule has 158 valence electrons. The highest BCUT2D eigenvalue weighted by atomic mass is 16.5. The van der Waals surface area contributed by atoms with E-state index >= 15 is 0 Å². The Balaban J connectivity index is 2.00. The second kappa shape index (κ2) is 8.29. The van der Waals surface area contributed by atoms with Crippen LogP contribution in [0, 0.1) is 11.8 Å². The summed E-state index contributed by atoms with van der Waals surface area (Å²) in [6.07, 6.45) is -0.464. The summed E-state index contributed by atoms with van der Waals surface area (Å²) in [5.41, 5.74) is 1.71. The predicted molar refractivity (Wildman–Crippen MR) is 107 cm³/mol. The number of phenols is 2. The minimum Gasteiger partial charge on any atom is -0.502 e. The van der Waals surface area contributed by atoms with E-state index in [9.17, 15) is 10.2 Å². The van der Waals surface area contributed by atoms with Gasteiger partial charge in [0.2, 0.25) is 11.5 Å². The van der Waals surface area contributed by atoms with Gasteiger partial charge < -0.3 is 33.9 Å². The minimum atomic E-state index is -0.232. The molecule has 0 amide bonds. The number of methoxy groups -OCH3 is 4. The minimum absolute atomic E-state index is 0.0398. The van der Waals surface area contributed by atoms with Crippen molar-refractivity contribution in [2.24, 2.45) is 11.8 Å². The van der Waals surface area contributed by atoms with Crippen LogP contribution in [-0.4, -0.2) is 38.7 Å². The van der Waals surface area contributed by atoms with Gasteiger partial charge in [-0.25, -0.2) is 0 Å². The summed E-state index contributed by atoms with van der Waals surface area (Å²) in [6, 6.07) is 7.08. The van der Waals surface area contributed by atoms with Gasteiger partial charge in [-0.2, -0.15) is 0 Å². The predicted octanol–water partition coefficient (Wildman–Crippen LogP) is 4.22. The molecule has 2 aromatic carbocycles. The number of hydrogen-bond donors (Lipinski definition) is 2. The second-order valence-electron chi connectivity index (χ2n) is 7.24. The van der Waals surface area contributed by atoms with Gasteiger partial charge in [0.25, 0.3) is 0 Å². The molecular formula is C22H28O7. The van der Waals surface area contributed by atoms with Gasteiger partial charge in [-0.05, 0) is 47.2 Å². The molecule has 4 atom stereocenters. The van der Waals surface area contributed by atoms with Gasteiger partial charge in [0.15, 0.2) is 23.0 Å². The van der Waals surface area contributed by atoms with Crippen LogP contribution in [0.2, 0.25) is 0 Å². The Morgan fingerprint density at radius 3 is 1.14 bits per heavy atom. The van der Waals surface area contributed by atoms with Gasteiger partial charge in [-0.3, -0.25) is 0 Å². The van der Waals surface area contributed by atoms with Crippen LogP contribution in [0.1, 0.15) is 37.2 Å². The molecule has 2 N–H and O–H groups in total. The zero-order valence-corrected chi connectivity index (χ0v) is 17.6. The number of ether oxygens (including phenoxy) is 5. The number of aromatic hydroxyl groups is 2. The zero-order valence-electron chi connectivity index (χ0n) is 17.6. The lowest BCUT2D eigenvalue weighted by atomic mass is 9.85. The Hall–Kier alpha value is -2.80. The van der Waals surface area contributed by atoms with Gasteiger partial charge >= 0.3 is 0 Å². The molecule has 0 unspecified atom stereocenters. The lowest BCUT2D eigenvalue weighted by Gasteiger charge is -2.19. The number of rotatable bonds is 6. The average molecular weight is 404 g/mol. The van der Waals surface area contributed by atoms with E-state index in [-0.39, 0.29) is 35.5 Å². The molecule has 1 aliphatic heterocycles. The molecule has 7 nitrogen and oxygen atoms in total. The maximum absolute atomic E-state index is 10.2. The van der Waals surface area contributed by atoms with Crippen molar-refractivity contribution in [1.29, 1.82) is 0 Å². The van der Waals surface area contributed by atoms with Crippen molar-refractivity contribution in [2.75, 3.05) is 28.4 Å². The summed E-state index contributed by atoms with van der Waals surface area (Å²) in [4.78, 5) is 0. The van der Waals surface area contributed by atoms with Crippen LogP contribution in [0.5, 0.6) is 34.5 Å². The average Bonchev–Trinajstić information content (AvgIpc) is 3.03. The first-order chi connectivity index (χ1) is 13.9. The smallest absolute Gasteiger partial charge is 0.200 e. The van der Waals surface area contributed by atoms with Crippen molar-refractivity contribution in [1.82, 2.24) is 0 Å². The maximum atomic E-state index is 10.2. The summed E-state index contributed by atoms with van der Waals surface area (Å²) in [5.74, 6) is 1.59. The first-order valence-corrected chi connectivity index (χ1v) is 9.41. The zero-order chi connectivity index (χ0) is 21.3. The van der Waals surface area contributed by atoms with Crippen LogP contribution >= 0.6 is 0 Å². The van der Waals surface area contributed by atoms with Gasteiger partial charge in [-0.15, -0.1) is 0 Å². The second-order valence-corrected chi connectivity index (χ2v) is 7.24. The van der Waals surface area contributed by atoms with Crippen molar-refractivity contribution >= 4 is 0 Å². The number of hydrogen-bond acceptors (Lipinski definition) is 7. The molecule has 0 saturated carbocycles. The number of benzene rings is 2. The van der Waals surface area contributed by atoms with E-state index in [0.29, 0.717) is 23.0 Å². The Morgan fingerprint density at radius 1 is 0.621 bits per heavy atom. The summed E-state index contributed by atoms with van der Waals surface area (Å²) >= 11 is 0. The van der Waals surface area contributed by atoms with Crippen LogP contribution in [-0.2, 0) is 4.74 Å². The largest absolute Gasteiger partial charge is 0.502 e. The Morgan fingerprint density at radius 2 is 0.897 bits per heavy atom. The molecule has 1 saturated heterocycles. The quantitative estimate of drug-likeness (QED) is 0.745. The molecule has 0 aromatic heterocycles. The normalized spacial score (nSPS) is 23.7. The van der Waals surface area contributed by atoms with Crippen molar-refractivity contribution in [2.45, 2.75) is 26.1 Å². The van der Waals surface area contributed by atoms with E-state index in [1.807, 2.05) is 0 Å². The fraction of sp³-hybridized carbons (Fsp3) is 0.455. The third-order valence-corrected chi connectivity index (χ3v) is 5.74. The number of phenolic OH excluding ortho intramolecular Hbond substituents is 2. The SMILES string of the molecule is COc1cc([C@H]2O[C@@H](c3cc(OC)c(O)c(OC)c3)[C@H](C)[C@@H]2C)cc(OC)c1O. The Labute approximate surface area is 170 Å². The van der Waals surface area contributed by atoms with E-state index in [1.165, 1.54) is 28.4 Å². The third-order valence-electron chi connectivity index (χ3n) is 5.74. The van der Waals surface area contributed by atoms with E-state index in [0.717, 1.165) is 11.1 Å². The topological polar surface area (TPSA) is 86.6 Å². The first kappa shape index (κ1) is 20.9. The Bertz CT molecular complexity index is 758. The molecular weight excluding hydrogens is 376 g/mol. The highest BCUT2D eigenvalue weighted by Crippen LogP contribution is 2.52. The molecule has 1 aliphatic rings. The van der Waals surface area contributed by atoms with E-state index in [2.05, 4.69) is 13.8 Å². The standard InChI is InChI=1S/C22H28O7/c1-11-12(2)22(14-9-17(27-5)20(24)18(10-14)28-6)29-21(11)13-7-15(25-3)19(23)16(8-13)26-4/h7-12,21-24H,1-6H3/t11-,12+,21-,22+. The third kappa shape index (κ3) is 3.62. The van der Waals surface area contributed by atoms with Crippen LogP contribution in [0.15, 0.2) is 24.3 Å². The van der Waals surface area contributed by atoms with Crippen LogP contribution in [0.3, 0.4) is 0 Å². The summed E-state index contributed by atoms with van der Waals surface area (Å²) < 4.78 is 27.6. The first-order valence-electron chi connectivity index (χ1n) is 9.41. The fourth-order valence-electron chi connectivity index (χ4n) is 3.88. The molecule has 7 heteroatoms. The van der Waals surface area contributed by atoms with Crippen LogP contribution in [0.4, 0.5) is 0 Å². The van der Waals surface area contributed by atoms with Crippen molar-refractivity contribution in [3.8, 4) is 34.5 Å². The van der Waals surface area contributed by atoms with Crippen LogP contribution < -0.4 is 18.9 Å². The molecule has 0 bridgehead atoms. The highest BCUT2D eigenvalue weighted by molar-refractivity contribution is 5.55. The molecule has 0 spiro atoms. The van der Waals surface area contributed by atoms with E-state index in [1.54, 1.807) is 24.3 Å². The van der Waals surface area contributed by atoms with Crippen molar-refractivity contribution in [3.63, 3.8) is 0 Å². The van der Waals surface area contributed by atoms with Gasteiger partial charge in [0, 0.05) is 0 Å². The fourth-order valence-corrected chi connectivity index (χ4v) is 3.88. The lowest BCUT2D eigenvalue weighted by Crippen LogP contribution is -2.10.